The van der Waals surface area contributed by atoms with Crippen LogP contribution in [0.5, 0.6) is 0 Å². The number of ether oxygens (including phenoxy) is 1. The second kappa shape index (κ2) is 7.83. The third-order valence-electron chi connectivity index (χ3n) is 3.44. The van der Waals surface area contributed by atoms with Crippen molar-refractivity contribution < 1.29 is 32.3 Å². The van der Waals surface area contributed by atoms with E-state index in [1.54, 1.807) is 0 Å². The van der Waals surface area contributed by atoms with E-state index < -0.39 is 17.7 Å². The SMILES string of the molecule is O=C(CCN1C(=O)CCC1=O)OCC#Cc1ccc(C(F)(F)F)cc1. The van der Waals surface area contributed by atoms with Crippen LogP contribution in [0.25, 0.3) is 0 Å². The number of carbonyl (C=O) groups excluding carboxylic acids is 3. The maximum absolute atomic E-state index is 12.4. The van der Waals surface area contributed by atoms with Crippen LogP contribution < -0.4 is 0 Å². The molecule has 1 aliphatic heterocycles. The molecule has 0 aliphatic carbocycles. The summed E-state index contributed by atoms with van der Waals surface area (Å²) in [5.41, 5.74) is -0.409. The summed E-state index contributed by atoms with van der Waals surface area (Å²) in [7, 11) is 0. The first kappa shape index (κ1) is 18.5. The first-order valence-corrected chi connectivity index (χ1v) is 7.42. The number of likely N-dealkylation sites (tertiary alicyclic amines) is 1. The van der Waals surface area contributed by atoms with Crippen molar-refractivity contribution in [3.8, 4) is 11.8 Å². The lowest BCUT2D eigenvalue weighted by molar-refractivity contribution is -0.144. The summed E-state index contributed by atoms with van der Waals surface area (Å²) in [6.45, 7) is -0.259. The van der Waals surface area contributed by atoms with Gasteiger partial charge in [0, 0.05) is 24.9 Å². The van der Waals surface area contributed by atoms with Crippen LogP contribution in [0, 0.1) is 11.8 Å². The van der Waals surface area contributed by atoms with E-state index in [0.29, 0.717) is 5.56 Å². The van der Waals surface area contributed by atoms with E-state index in [0.717, 1.165) is 17.0 Å². The summed E-state index contributed by atoms with van der Waals surface area (Å²) in [6.07, 6.45) is -4.21. The minimum absolute atomic E-state index is 0.0250. The zero-order valence-corrected chi connectivity index (χ0v) is 13.1. The fourth-order valence-electron chi connectivity index (χ4n) is 2.14. The van der Waals surface area contributed by atoms with Crippen LogP contribution in [0.2, 0.25) is 0 Å². The molecule has 1 aromatic carbocycles. The average Bonchev–Trinajstić information content (AvgIpc) is 2.88. The highest BCUT2D eigenvalue weighted by Gasteiger charge is 2.30. The van der Waals surface area contributed by atoms with Crippen LogP contribution in [-0.4, -0.2) is 35.8 Å². The van der Waals surface area contributed by atoms with E-state index in [-0.39, 0.29) is 44.2 Å². The first-order chi connectivity index (χ1) is 11.8. The number of amides is 2. The Balaban J connectivity index is 1.75. The molecule has 25 heavy (non-hydrogen) atoms. The largest absolute Gasteiger partial charge is 0.452 e. The monoisotopic (exact) mass is 353 g/mol. The van der Waals surface area contributed by atoms with E-state index in [2.05, 4.69) is 11.8 Å². The van der Waals surface area contributed by atoms with E-state index in [9.17, 15) is 27.6 Å². The number of hydrogen-bond donors (Lipinski definition) is 0. The summed E-state index contributed by atoms with van der Waals surface area (Å²) < 4.78 is 42.1. The second-order valence-electron chi connectivity index (χ2n) is 5.23. The Morgan fingerprint density at radius 1 is 1.12 bits per heavy atom. The van der Waals surface area contributed by atoms with Gasteiger partial charge < -0.3 is 4.74 Å². The number of imide groups is 1. The van der Waals surface area contributed by atoms with Crippen molar-refractivity contribution in [3.63, 3.8) is 0 Å². The smallest absolute Gasteiger partial charge is 0.416 e. The minimum Gasteiger partial charge on any atom is -0.452 e. The number of hydrogen-bond acceptors (Lipinski definition) is 4. The number of esters is 1. The van der Waals surface area contributed by atoms with Gasteiger partial charge in [0.25, 0.3) is 0 Å². The molecule has 8 heteroatoms. The Labute approximate surface area is 141 Å². The number of nitrogens with zero attached hydrogens (tertiary/aromatic N) is 1. The maximum atomic E-state index is 12.4. The van der Waals surface area contributed by atoms with Crippen molar-refractivity contribution in [2.45, 2.75) is 25.4 Å². The van der Waals surface area contributed by atoms with Gasteiger partial charge in [0.05, 0.1) is 12.0 Å². The maximum Gasteiger partial charge on any atom is 0.416 e. The molecule has 2 amide bonds. The highest BCUT2D eigenvalue weighted by molar-refractivity contribution is 6.02. The fourth-order valence-corrected chi connectivity index (χ4v) is 2.14. The van der Waals surface area contributed by atoms with Crippen LogP contribution in [0.3, 0.4) is 0 Å². The summed E-state index contributed by atoms with van der Waals surface area (Å²) >= 11 is 0. The lowest BCUT2D eigenvalue weighted by Crippen LogP contribution is -2.31. The van der Waals surface area contributed by atoms with Crippen molar-refractivity contribution in [1.82, 2.24) is 4.90 Å². The topological polar surface area (TPSA) is 63.7 Å². The predicted octanol–water partition coefficient (Wildman–Crippen LogP) is 2.14. The molecule has 1 fully saturated rings. The van der Waals surface area contributed by atoms with Crippen LogP contribution >= 0.6 is 0 Å². The van der Waals surface area contributed by atoms with Gasteiger partial charge in [0.1, 0.15) is 0 Å². The Hall–Kier alpha value is -2.82. The van der Waals surface area contributed by atoms with Crippen molar-refractivity contribution in [2.75, 3.05) is 13.2 Å². The standard InChI is InChI=1S/C17H14F3NO4/c18-17(19,20)13-5-3-12(4-6-13)2-1-11-25-16(24)9-10-21-14(22)7-8-15(21)23/h3-6H,7-11H2. The van der Waals surface area contributed by atoms with Crippen molar-refractivity contribution in [2.24, 2.45) is 0 Å². The van der Waals surface area contributed by atoms with Crippen LogP contribution in [0.1, 0.15) is 30.4 Å². The molecule has 1 heterocycles. The molecule has 0 unspecified atom stereocenters. The fraction of sp³-hybridized carbons (Fsp3) is 0.353. The Morgan fingerprint density at radius 2 is 1.72 bits per heavy atom. The molecule has 0 radical (unpaired) electrons. The minimum atomic E-state index is -4.40. The molecule has 5 nitrogen and oxygen atoms in total. The Bertz CT molecular complexity index is 713. The van der Waals surface area contributed by atoms with Crippen molar-refractivity contribution in [3.05, 3.63) is 35.4 Å². The van der Waals surface area contributed by atoms with Crippen molar-refractivity contribution in [1.29, 1.82) is 0 Å². The highest BCUT2D eigenvalue weighted by atomic mass is 19.4. The van der Waals surface area contributed by atoms with Gasteiger partial charge in [0.2, 0.25) is 11.8 Å². The van der Waals surface area contributed by atoms with Gasteiger partial charge in [-0.15, -0.1) is 0 Å². The lowest BCUT2D eigenvalue weighted by atomic mass is 10.1. The molecule has 0 bridgehead atoms. The third kappa shape index (κ3) is 5.35. The van der Waals surface area contributed by atoms with Crippen LogP contribution in [0.15, 0.2) is 24.3 Å². The van der Waals surface area contributed by atoms with Gasteiger partial charge in [-0.1, -0.05) is 11.8 Å². The molecule has 0 spiro atoms. The molecule has 0 aromatic heterocycles. The van der Waals surface area contributed by atoms with Crippen LogP contribution in [-0.2, 0) is 25.3 Å². The third-order valence-corrected chi connectivity index (χ3v) is 3.44. The van der Waals surface area contributed by atoms with Gasteiger partial charge in [-0.05, 0) is 24.3 Å². The summed E-state index contributed by atoms with van der Waals surface area (Å²) in [5.74, 6) is 3.86. The predicted molar refractivity (Wildman–Crippen MR) is 79.9 cm³/mol. The lowest BCUT2D eigenvalue weighted by Gasteiger charge is -2.12. The van der Waals surface area contributed by atoms with E-state index in [1.165, 1.54) is 12.1 Å². The molecule has 1 aromatic rings. The van der Waals surface area contributed by atoms with Gasteiger partial charge in [-0.25, -0.2) is 0 Å². The number of carbonyl (C=O) groups is 3. The molecular weight excluding hydrogens is 339 g/mol. The second-order valence-corrected chi connectivity index (χ2v) is 5.23. The molecular formula is C17H14F3NO4. The number of rotatable bonds is 4. The Kier molecular flexibility index (Phi) is 5.80. The van der Waals surface area contributed by atoms with Gasteiger partial charge >= 0.3 is 12.1 Å². The summed E-state index contributed by atoms with van der Waals surface area (Å²) in [5, 5.41) is 0. The van der Waals surface area contributed by atoms with E-state index in [4.69, 9.17) is 4.74 Å². The van der Waals surface area contributed by atoms with Crippen molar-refractivity contribution >= 4 is 17.8 Å². The van der Waals surface area contributed by atoms with Crippen LogP contribution in [0.4, 0.5) is 13.2 Å². The average molecular weight is 353 g/mol. The molecule has 132 valence electrons. The number of alkyl halides is 3. The number of halogens is 3. The zero-order valence-electron chi connectivity index (χ0n) is 13.1. The van der Waals surface area contributed by atoms with E-state index >= 15 is 0 Å². The molecule has 2 rings (SSSR count). The highest BCUT2D eigenvalue weighted by Crippen LogP contribution is 2.28. The van der Waals surface area contributed by atoms with Gasteiger partial charge in [-0.3, -0.25) is 19.3 Å². The molecule has 0 N–H and O–H groups in total. The van der Waals surface area contributed by atoms with E-state index in [1.807, 2.05) is 0 Å². The summed E-state index contributed by atoms with van der Waals surface area (Å²) in [6, 6.07) is 4.28. The summed E-state index contributed by atoms with van der Waals surface area (Å²) in [4.78, 5) is 35.3. The van der Waals surface area contributed by atoms with Gasteiger partial charge in [-0.2, -0.15) is 13.2 Å². The Morgan fingerprint density at radius 3 is 2.28 bits per heavy atom. The number of benzene rings is 1. The molecule has 0 saturated carbocycles. The quantitative estimate of drug-likeness (QED) is 0.473. The molecule has 0 atom stereocenters. The normalized spacial score (nSPS) is 14.3. The first-order valence-electron chi connectivity index (χ1n) is 7.42. The molecule has 1 aliphatic rings. The molecule has 1 saturated heterocycles. The zero-order chi connectivity index (χ0) is 18.4. The van der Waals surface area contributed by atoms with Gasteiger partial charge in [0.15, 0.2) is 6.61 Å².